The molecule has 4 rings (SSSR count). The number of alkyl halides is 3. The van der Waals surface area contributed by atoms with E-state index in [1.165, 1.54) is 25.7 Å². The Morgan fingerprint density at radius 1 is 1.10 bits per heavy atom. The second kappa shape index (κ2) is 10.7. The van der Waals surface area contributed by atoms with Crippen molar-refractivity contribution in [2.75, 3.05) is 13.1 Å². The van der Waals surface area contributed by atoms with Gasteiger partial charge in [0.2, 0.25) is 17.7 Å². The predicted octanol–water partition coefficient (Wildman–Crippen LogP) is 0.213. The molecule has 5 N–H and O–H groups in total. The number of halogens is 3. The first-order valence-electron chi connectivity index (χ1n) is 14.1. The van der Waals surface area contributed by atoms with Crippen LogP contribution < -0.4 is 21.3 Å². The van der Waals surface area contributed by atoms with Gasteiger partial charge in [-0.15, -0.1) is 0 Å². The van der Waals surface area contributed by atoms with Crippen LogP contribution in [-0.2, 0) is 24.0 Å². The van der Waals surface area contributed by atoms with E-state index in [0.717, 1.165) is 12.8 Å². The fourth-order valence-corrected chi connectivity index (χ4v) is 6.25. The molecular weight excluding hydrogens is 547 g/mol. The fraction of sp³-hybridized carbons (Fsp3) is 0.815. The highest BCUT2D eigenvalue weighted by molar-refractivity contribution is 5.95. The number of hydrogen-bond donors (Lipinski definition) is 5. The van der Waals surface area contributed by atoms with E-state index in [1.807, 2.05) is 19.2 Å². The van der Waals surface area contributed by atoms with Crippen molar-refractivity contribution < 1.29 is 42.3 Å². The SMILES string of the molecule is CC(C)(C)[C@H](NC(=O)C(F)(F)F)C(=O)N1C[C@@H]2[C@H]([C@H]1C(=O)NC(C[C@@H]1CCNC1=O)C(O)C(=O)NC1CC1)C2(C)C. The lowest BCUT2D eigenvalue weighted by atomic mass is 9.85. The molecule has 2 saturated heterocycles. The number of amides is 5. The summed E-state index contributed by atoms with van der Waals surface area (Å²) >= 11 is 0. The number of carbonyl (C=O) groups is 5. The molecule has 2 saturated carbocycles. The van der Waals surface area contributed by atoms with Gasteiger partial charge < -0.3 is 31.3 Å². The van der Waals surface area contributed by atoms with Crippen LogP contribution in [0.1, 0.15) is 60.3 Å². The van der Waals surface area contributed by atoms with Gasteiger partial charge in [0.05, 0.1) is 6.04 Å². The first-order valence-corrected chi connectivity index (χ1v) is 14.1. The van der Waals surface area contributed by atoms with E-state index < -0.39 is 65.4 Å². The summed E-state index contributed by atoms with van der Waals surface area (Å²) in [7, 11) is 0. The van der Waals surface area contributed by atoms with E-state index in [-0.39, 0.29) is 42.2 Å². The minimum atomic E-state index is -5.20. The van der Waals surface area contributed by atoms with Crippen LogP contribution >= 0.6 is 0 Å². The normalized spacial score (nSPS) is 29.1. The zero-order chi connectivity index (χ0) is 30.7. The molecule has 14 heteroatoms. The molecule has 2 aliphatic heterocycles. The van der Waals surface area contributed by atoms with E-state index in [1.54, 1.807) is 0 Å². The molecule has 0 aromatic heterocycles. The van der Waals surface area contributed by atoms with Gasteiger partial charge in [-0.05, 0) is 48.3 Å². The molecule has 0 aromatic rings. The summed E-state index contributed by atoms with van der Waals surface area (Å²) in [5.74, 6) is -5.66. The smallest absolute Gasteiger partial charge is 0.381 e. The summed E-state index contributed by atoms with van der Waals surface area (Å²) in [6.07, 6.45) is -4.86. The van der Waals surface area contributed by atoms with Crippen molar-refractivity contribution in [3.8, 4) is 0 Å². The highest BCUT2D eigenvalue weighted by Crippen LogP contribution is 2.65. The molecule has 230 valence electrons. The monoisotopic (exact) mass is 587 g/mol. The summed E-state index contributed by atoms with van der Waals surface area (Å²) in [6.45, 7) is 8.92. The summed E-state index contributed by atoms with van der Waals surface area (Å²) in [6, 6.07) is -3.87. The molecule has 0 aromatic carbocycles. The summed E-state index contributed by atoms with van der Waals surface area (Å²) < 4.78 is 39.3. The van der Waals surface area contributed by atoms with Crippen LogP contribution in [0.4, 0.5) is 13.2 Å². The van der Waals surface area contributed by atoms with E-state index in [0.29, 0.717) is 13.0 Å². The third kappa shape index (κ3) is 6.46. The molecule has 5 amide bonds. The van der Waals surface area contributed by atoms with Gasteiger partial charge in [-0.25, -0.2) is 0 Å². The summed E-state index contributed by atoms with van der Waals surface area (Å²) in [4.78, 5) is 65.6. The van der Waals surface area contributed by atoms with Crippen molar-refractivity contribution in [2.45, 2.75) is 96.7 Å². The Bertz CT molecular complexity index is 1100. The first-order chi connectivity index (χ1) is 18.8. The Balaban J connectivity index is 1.57. The lowest BCUT2D eigenvalue weighted by molar-refractivity contribution is -0.176. The third-order valence-corrected chi connectivity index (χ3v) is 9.01. The van der Waals surface area contributed by atoms with Gasteiger partial charge in [0.25, 0.3) is 5.91 Å². The average Bonchev–Trinajstić information content (AvgIpc) is 3.62. The molecule has 0 radical (unpaired) electrons. The zero-order valence-corrected chi connectivity index (χ0v) is 23.9. The van der Waals surface area contributed by atoms with Gasteiger partial charge in [-0.1, -0.05) is 34.6 Å². The van der Waals surface area contributed by atoms with Crippen molar-refractivity contribution in [2.24, 2.45) is 28.6 Å². The van der Waals surface area contributed by atoms with Crippen LogP contribution in [0.15, 0.2) is 0 Å². The number of nitrogens with zero attached hydrogens (tertiary/aromatic N) is 1. The maximum absolute atomic E-state index is 13.9. The van der Waals surface area contributed by atoms with Gasteiger partial charge in [0, 0.05) is 25.0 Å². The van der Waals surface area contributed by atoms with Crippen LogP contribution in [0, 0.1) is 28.6 Å². The molecular formula is C27H40F3N5O6. The topological polar surface area (TPSA) is 157 Å². The van der Waals surface area contributed by atoms with E-state index in [9.17, 15) is 42.3 Å². The van der Waals surface area contributed by atoms with Crippen molar-refractivity contribution >= 4 is 29.5 Å². The van der Waals surface area contributed by atoms with Crippen molar-refractivity contribution in [1.29, 1.82) is 0 Å². The van der Waals surface area contributed by atoms with Gasteiger partial charge in [0.15, 0.2) is 6.10 Å². The molecule has 2 aliphatic carbocycles. The maximum atomic E-state index is 13.9. The van der Waals surface area contributed by atoms with Crippen LogP contribution in [0.2, 0.25) is 0 Å². The van der Waals surface area contributed by atoms with Gasteiger partial charge in [-0.2, -0.15) is 13.2 Å². The van der Waals surface area contributed by atoms with E-state index in [2.05, 4.69) is 16.0 Å². The van der Waals surface area contributed by atoms with Crippen LogP contribution in [-0.4, -0.2) is 89.1 Å². The number of carbonyl (C=O) groups excluding carboxylic acids is 5. The minimum absolute atomic E-state index is 0.0127. The number of aliphatic hydroxyl groups excluding tert-OH is 1. The Labute approximate surface area is 236 Å². The lowest BCUT2D eigenvalue weighted by Crippen LogP contribution is -2.62. The summed E-state index contributed by atoms with van der Waals surface area (Å²) in [5, 5.41) is 20.8. The second-order valence-corrected chi connectivity index (χ2v) is 13.5. The number of nitrogens with one attached hydrogen (secondary N) is 4. The Morgan fingerprint density at radius 2 is 1.73 bits per heavy atom. The molecule has 41 heavy (non-hydrogen) atoms. The number of fused-ring (bicyclic) bond motifs is 1. The number of aliphatic hydroxyl groups is 1. The molecule has 7 atom stereocenters. The highest BCUT2D eigenvalue weighted by Gasteiger charge is 2.70. The minimum Gasteiger partial charge on any atom is -0.381 e. The molecule has 0 spiro atoms. The molecule has 4 aliphatic rings. The Kier molecular flexibility index (Phi) is 8.13. The number of hydrogen-bond acceptors (Lipinski definition) is 6. The Morgan fingerprint density at radius 3 is 2.24 bits per heavy atom. The summed E-state index contributed by atoms with van der Waals surface area (Å²) in [5.41, 5.74) is -1.45. The number of piperidine rings is 1. The van der Waals surface area contributed by atoms with Crippen LogP contribution in [0.3, 0.4) is 0 Å². The van der Waals surface area contributed by atoms with Crippen LogP contribution in [0.25, 0.3) is 0 Å². The largest absolute Gasteiger partial charge is 0.471 e. The number of likely N-dealkylation sites (tertiary alicyclic amines) is 1. The van der Waals surface area contributed by atoms with Gasteiger partial charge in [0.1, 0.15) is 12.1 Å². The predicted molar refractivity (Wildman–Crippen MR) is 139 cm³/mol. The molecule has 2 heterocycles. The van der Waals surface area contributed by atoms with Gasteiger partial charge >= 0.3 is 12.1 Å². The molecule has 0 bridgehead atoms. The van der Waals surface area contributed by atoms with Crippen molar-refractivity contribution in [3.63, 3.8) is 0 Å². The second-order valence-electron chi connectivity index (χ2n) is 13.5. The highest BCUT2D eigenvalue weighted by atomic mass is 19.4. The van der Waals surface area contributed by atoms with Crippen LogP contribution in [0.5, 0.6) is 0 Å². The first kappa shape index (κ1) is 31.0. The van der Waals surface area contributed by atoms with E-state index in [4.69, 9.17) is 0 Å². The maximum Gasteiger partial charge on any atom is 0.471 e. The quantitative estimate of drug-likeness (QED) is 0.260. The zero-order valence-electron chi connectivity index (χ0n) is 23.9. The fourth-order valence-electron chi connectivity index (χ4n) is 6.25. The lowest BCUT2D eigenvalue weighted by Gasteiger charge is -2.38. The molecule has 4 fully saturated rings. The van der Waals surface area contributed by atoms with Crippen molar-refractivity contribution in [3.05, 3.63) is 0 Å². The average molecular weight is 588 g/mol. The Hall–Kier alpha value is -2.90. The molecule has 11 nitrogen and oxygen atoms in total. The van der Waals surface area contributed by atoms with Gasteiger partial charge in [-0.3, -0.25) is 24.0 Å². The van der Waals surface area contributed by atoms with E-state index >= 15 is 0 Å². The number of rotatable bonds is 9. The van der Waals surface area contributed by atoms with Crippen molar-refractivity contribution in [1.82, 2.24) is 26.2 Å². The standard InChI is InChI=1S/C27H40F3N5O6/c1-25(2,3)19(34-24(41)27(28,29)30)23(40)35-11-14-16(26(14,4)5)17(35)21(38)33-15(10-12-8-9-31-20(12)37)18(36)22(39)32-13-6-7-13/h12-19,36H,6-11H2,1-5H3,(H,31,37)(H,32,39)(H,33,38)(H,34,41)/t12-,14+,15?,16+,17-,18?,19+/m0/s1. The molecule has 2 unspecified atom stereocenters. The third-order valence-electron chi connectivity index (χ3n) is 9.01.